The van der Waals surface area contributed by atoms with E-state index in [0.717, 1.165) is 6.07 Å². The first kappa shape index (κ1) is 14.7. The number of ketones is 1. The summed E-state index contributed by atoms with van der Waals surface area (Å²) in [7, 11) is 2.40. The third-order valence-electron chi connectivity index (χ3n) is 2.29. The molecule has 0 aliphatic heterocycles. The van der Waals surface area contributed by atoms with Gasteiger partial charge in [0.2, 0.25) is 11.6 Å². The molecule has 19 heavy (non-hydrogen) atoms. The third-order valence-corrected chi connectivity index (χ3v) is 2.29. The first-order chi connectivity index (χ1) is 8.97. The molecule has 104 valence electrons. The predicted octanol–water partition coefficient (Wildman–Crippen LogP) is 1.29. The number of carbonyl (C=O) groups is 2. The van der Waals surface area contributed by atoms with Gasteiger partial charge in [-0.05, 0) is 13.0 Å². The molecule has 1 aromatic carbocycles. The van der Waals surface area contributed by atoms with Crippen molar-refractivity contribution in [2.75, 3.05) is 20.8 Å². The average Bonchev–Trinajstić information content (AvgIpc) is 2.41. The molecular formula is C12H13FO6. The number of ether oxygens (including phenoxy) is 3. The highest BCUT2D eigenvalue weighted by molar-refractivity contribution is 6.41. The molecule has 1 N–H and O–H groups in total. The standard InChI is InChI=1S/C12H13FO6/c1-4-19-12(16)10(15)6-5-7(17-2)11(18-3)8(13)9(6)14/h5,14H,4H2,1-3H3. The first-order valence-electron chi connectivity index (χ1n) is 5.32. The minimum absolute atomic E-state index is 0.0128. The fourth-order valence-electron chi connectivity index (χ4n) is 1.42. The van der Waals surface area contributed by atoms with Crippen LogP contribution in [-0.2, 0) is 9.53 Å². The molecule has 0 heterocycles. The van der Waals surface area contributed by atoms with E-state index in [4.69, 9.17) is 9.47 Å². The summed E-state index contributed by atoms with van der Waals surface area (Å²) < 4.78 is 27.8. The molecule has 0 saturated heterocycles. The summed E-state index contributed by atoms with van der Waals surface area (Å²) >= 11 is 0. The Morgan fingerprint density at radius 3 is 2.42 bits per heavy atom. The van der Waals surface area contributed by atoms with Crippen LogP contribution >= 0.6 is 0 Å². The monoisotopic (exact) mass is 272 g/mol. The van der Waals surface area contributed by atoms with E-state index in [2.05, 4.69) is 4.74 Å². The van der Waals surface area contributed by atoms with Gasteiger partial charge in [0.15, 0.2) is 11.5 Å². The molecule has 0 saturated carbocycles. The van der Waals surface area contributed by atoms with Crippen LogP contribution in [-0.4, -0.2) is 37.7 Å². The lowest BCUT2D eigenvalue weighted by atomic mass is 10.1. The van der Waals surface area contributed by atoms with Crippen LogP contribution in [0.1, 0.15) is 17.3 Å². The number of phenolic OH excluding ortho intramolecular Hbond substituents is 1. The number of methoxy groups -OCH3 is 2. The predicted molar refractivity (Wildman–Crippen MR) is 62.1 cm³/mol. The van der Waals surface area contributed by atoms with Crippen LogP contribution in [0.2, 0.25) is 0 Å². The molecule has 0 bridgehead atoms. The molecule has 0 fully saturated rings. The molecule has 0 aliphatic rings. The molecule has 6 nitrogen and oxygen atoms in total. The summed E-state index contributed by atoms with van der Waals surface area (Å²) in [6.07, 6.45) is 0. The van der Waals surface area contributed by atoms with Crippen LogP contribution in [0.4, 0.5) is 4.39 Å². The van der Waals surface area contributed by atoms with Gasteiger partial charge in [-0.1, -0.05) is 0 Å². The molecule has 0 unspecified atom stereocenters. The maximum Gasteiger partial charge on any atom is 0.379 e. The van der Waals surface area contributed by atoms with Crippen molar-refractivity contribution in [1.82, 2.24) is 0 Å². The van der Waals surface area contributed by atoms with Crippen LogP contribution in [0.5, 0.6) is 17.2 Å². The number of hydrogen-bond acceptors (Lipinski definition) is 6. The maximum absolute atomic E-state index is 13.8. The molecule has 0 amide bonds. The Kier molecular flexibility index (Phi) is 4.68. The quantitative estimate of drug-likeness (QED) is 0.494. The van der Waals surface area contributed by atoms with Crippen molar-refractivity contribution in [1.29, 1.82) is 0 Å². The van der Waals surface area contributed by atoms with Crippen LogP contribution in [0.15, 0.2) is 6.07 Å². The van der Waals surface area contributed by atoms with E-state index in [0.29, 0.717) is 0 Å². The Balaban J connectivity index is 3.33. The average molecular weight is 272 g/mol. The summed E-state index contributed by atoms with van der Waals surface area (Å²) in [5.74, 6) is -5.01. The van der Waals surface area contributed by atoms with Gasteiger partial charge >= 0.3 is 5.97 Å². The summed E-state index contributed by atoms with van der Waals surface area (Å²) in [4.78, 5) is 23.0. The fraction of sp³-hybridized carbons (Fsp3) is 0.333. The molecule has 7 heteroatoms. The number of halogens is 1. The second-order valence-corrected chi connectivity index (χ2v) is 3.37. The van der Waals surface area contributed by atoms with E-state index in [1.165, 1.54) is 21.1 Å². The topological polar surface area (TPSA) is 82.1 Å². The van der Waals surface area contributed by atoms with Gasteiger partial charge in [0.1, 0.15) is 0 Å². The van der Waals surface area contributed by atoms with E-state index in [1.807, 2.05) is 0 Å². The van der Waals surface area contributed by atoms with Gasteiger partial charge < -0.3 is 19.3 Å². The van der Waals surface area contributed by atoms with Crippen LogP contribution in [0.25, 0.3) is 0 Å². The van der Waals surface area contributed by atoms with Gasteiger partial charge in [-0.15, -0.1) is 0 Å². The van der Waals surface area contributed by atoms with Crippen molar-refractivity contribution in [3.63, 3.8) is 0 Å². The highest BCUT2D eigenvalue weighted by atomic mass is 19.1. The zero-order valence-electron chi connectivity index (χ0n) is 10.7. The highest BCUT2D eigenvalue weighted by Crippen LogP contribution is 2.38. The first-order valence-corrected chi connectivity index (χ1v) is 5.32. The maximum atomic E-state index is 13.8. The Morgan fingerprint density at radius 2 is 1.95 bits per heavy atom. The van der Waals surface area contributed by atoms with Gasteiger partial charge in [0.25, 0.3) is 5.78 Å². The molecule has 0 radical (unpaired) electrons. The van der Waals surface area contributed by atoms with Gasteiger partial charge in [0.05, 0.1) is 26.4 Å². The van der Waals surface area contributed by atoms with Crippen molar-refractivity contribution >= 4 is 11.8 Å². The van der Waals surface area contributed by atoms with Gasteiger partial charge in [-0.2, -0.15) is 4.39 Å². The number of Topliss-reactive ketones (excluding diaryl/α,β-unsaturated/α-hetero) is 1. The minimum atomic E-state index is -1.19. The minimum Gasteiger partial charge on any atom is -0.504 e. The van der Waals surface area contributed by atoms with Crippen molar-refractivity contribution < 1.29 is 33.3 Å². The van der Waals surface area contributed by atoms with Gasteiger partial charge in [-0.3, -0.25) is 4.79 Å². The number of rotatable bonds is 5. The highest BCUT2D eigenvalue weighted by Gasteiger charge is 2.27. The molecule has 0 aliphatic carbocycles. The molecule has 1 rings (SSSR count). The SMILES string of the molecule is CCOC(=O)C(=O)c1cc(OC)c(OC)c(F)c1O. The molecule has 0 spiro atoms. The third kappa shape index (κ3) is 2.75. The summed E-state index contributed by atoms with van der Waals surface area (Å²) in [5.41, 5.74) is -0.548. The number of phenols is 1. The van der Waals surface area contributed by atoms with Crippen molar-refractivity contribution in [3.8, 4) is 17.2 Å². The second-order valence-electron chi connectivity index (χ2n) is 3.37. The summed E-state index contributed by atoms with van der Waals surface area (Å²) in [5, 5.41) is 9.58. The van der Waals surface area contributed by atoms with Crippen molar-refractivity contribution in [2.24, 2.45) is 0 Å². The van der Waals surface area contributed by atoms with E-state index >= 15 is 0 Å². The lowest BCUT2D eigenvalue weighted by Crippen LogP contribution is -2.18. The Morgan fingerprint density at radius 1 is 1.32 bits per heavy atom. The van der Waals surface area contributed by atoms with Gasteiger partial charge in [-0.25, -0.2) is 4.79 Å². The van der Waals surface area contributed by atoms with E-state index in [-0.39, 0.29) is 18.1 Å². The molecule has 1 aromatic rings. The largest absolute Gasteiger partial charge is 0.504 e. The number of hydrogen-bond donors (Lipinski definition) is 1. The Hall–Kier alpha value is -2.31. The Labute approximate surface area is 108 Å². The van der Waals surface area contributed by atoms with Crippen LogP contribution < -0.4 is 9.47 Å². The van der Waals surface area contributed by atoms with Crippen LogP contribution in [0, 0.1) is 5.82 Å². The molecule has 0 atom stereocenters. The molecular weight excluding hydrogens is 259 g/mol. The van der Waals surface area contributed by atoms with Crippen molar-refractivity contribution in [3.05, 3.63) is 17.4 Å². The van der Waals surface area contributed by atoms with E-state index in [1.54, 1.807) is 0 Å². The normalized spacial score (nSPS) is 9.89. The van der Waals surface area contributed by atoms with Crippen LogP contribution in [0.3, 0.4) is 0 Å². The number of carbonyl (C=O) groups excluding carboxylic acids is 2. The lowest BCUT2D eigenvalue weighted by Gasteiger charge is -2.12. The zero-order chi connectivity index (χ0) is 14.6. The van der Waals surface area contributed by atoms with Gasteiger partial charge in [0, 0.05) is 0 Å². The zero-order valence-corrected chi connectivity index (χ0v) is 10.7. The Bertz CT molecular complexity index is 511. The second kappa shape index (κ2) is 6.03. The molecule has 0 aromatic heterocycles. The fourth-order valence-corrected chi connectivity index (χ4v) is 1.42. The van der Waals surface area contributed by atoms with E-state index in [9.17, 15) is 19.1 Å². The summed E-state index contributed by atoms with van der Waals surface area (Å²) in [6, 6.07) is 1.01. The van der Waals surface area contributed by atoms with E-state index < -0.39 is 28.9 Å². The lowest BCUT2D eigenvalue weighted by molar-refractivity contribution is -0.137. The number of benzene rings is 1. The van der Waals surface area contributed by atoms with Crippen molar-refractivity contribution in [2.45, 2.75) is 6.92 Å². The smallest absolute Gasteiger partial charge is 0.379 e. The number of esters is 1. The number of aromatic hydroxyl groups is 1. The summed E-state index contributed by atoms with van der Waals surface area (Å²) in [6.45, 7) is 1.50.